The molecule has 2 saturated heterocycles. The van der Waals surface area contributed by atoms with Crippen LogP contribution < -0.4 is 16.0 Å². The molecule has 0 aromatic rings. The van der Waals surface area contributed by atoms with Crippen molar-refractivity contribution in [2.75, 3.05) is 171 Å². The lowest BCUT2D eigenvalue weighted by Crippen LogP contribution is -2.65. The van der Waals surface area contributed by atoms with E-state index in [-0.39, 0.29) is 32.6 Å². The maximum atomic E-state index is 14.0. The second kappa shape index (κ2) is 43.1. The van der Waals surface area contributed by atoms with E-state index < -0.39 is 295 Å². The summed E-state index contributed by atoms with van der Waals surface area (Å²) in [6.45, 7) is -18.2. The van der Waals surface area contributed by atoms with E-state index in [1.165, 1.54) is 0 Å². The fourth-order valence-electron chi connectivity index (χ4n) is 10.3. The van der Waals surface area contributed by atoms with Gasteiger partial charge in [0.25, 0.3) is 0 Å². The van der Waals surface area contributed by atoms with Crippen LogP contribution in [0.15, 0.2) is 0 Å². The van der Waals surface area contributed by atoms with Crippen LogP contribution in [0.5, 0.6) is 0 Å². The van der Waals surface area contributed by atoms with E-state index in [2.05, 4.69) is 16.0 Å². The molecule has 0 radical (unpaired) electrons. The van der Waals surface area contributed by atoms with Crippen LogP contribution in [-0.4, -0.2) is 425 Å². The number of hydrogen-bond donors (Lipinski definition) is 20. The molecule has 2 rings (SSSR count). The van der Waals surface area contributed by atoms with E-state index in [1.807, 2.05) is 0 Å². The average Bonchev–Trinajstić information content (AvgIpc) is 0.805. The first-order valence-corrected chi connectivity index (χ1v) is 29.0. The zero-order chi connectivity index (χ0) is 70.9. The molecule has 2 heterocycles. The number of rotatable bonds is 51. The summed E-state index contributed by atoms with van der Waals surface area (Å²) < 4.78 is 23.8. The first kappa shape index (κ1) is 83.0. The number of carboxylic acid groups (broad SMARTS) is 9. The Hall–Kier alpha value is -7.08. The summed E-state index contributed by atoms with van der Waals surface area (Å²) in [4.78, 5) is 150. The van der Waals surface area contributed by atoms with Crippen LogP contribution in [0.1, 0.15) is 6.42 Å². The van der Waals surface area contributed by atoms with Gasteiger partial charge < -0.3 is 122 Å². The molecule has 0 aromatic heterocycles. The number of nitrogens with one attached hydrogen (secondary N) is 3. The summed E-state index contributed by atoms with van der Waals surface area (Å²) >= 11 is 0. The summed E-state index contributed by atoms with van der Waals surface area (Å²) in [5.41, 5.74) is 0. The Kier molecular flexibility index (Phi) is 38.0. The van der Waals surface area contributed by atoms with Gasteiger partial charge in [-0.3, -0.25) is 86.9 Å². The van der Waals surface area contributed by atoms with Crippen molar-refractivity contribution in [3.05, 3.63) is 0 Å². The molecule has 2 fully saturated rings. The van der Waals surface area contributed by atoms with Crippen LogP contribution in [0.3, 0.4) is 0 Å². The molecule has 0 aliphatic carbocycles. The fraction of sp³-hybridized carbons (Fsp3) is 0.769. The molecule has 3 amide bonds. The maximum Gasteiger partial charge on any atom is 0.317 e. The smallest absolute Gasteiger partial charge is 0.317 e. The Morgan fingerprint density at radius 2 is 0.777 bits per heavy atom. The van der Waals surface area contributed by atoms with Gasteiger partial charge in [0, 0.05) is 57.5 Å². The lowest BCUT2D eigenvalue weighted by atomic mass is 9.85. The van der Waals surface area contributed by atoms with Crippen molar-refractivity contribution >= 4 is 71.4 Å². The summed E-state index contributed by atoms with van der Waals surface area (Å²) in [7, 11) is 0. The molecule has 0 spiro atoms. The third-order valence-electron chi connectivity index (χ3n) is 14.5. The van der Waals surface area contributed by atoms with E-state index in [0.29, 0.717) is 0 Å². The van der Waals surface area contributed by atoms with Crippen molar-refractivity contribution in [1.29, 1.82) is 0 Å². The second-order valence-electron chi connectivity index (χ2n) is 22.2. The molecule has 2 aliphatic heterocycles. The van der Waals surface area contributed by atoms with E-state index in [4.69, 9.17) is 18.9 Å². The highest BCUT2D eigenvalue weighted by Crippen LogP contribution is 2.29. The highest BCUT2D eigenvalue weighted by atomic mass is 16.6. The largest absolute Gasteiger partial charge is 0.480 e. The van der Waals surface area contributed by atoms with Crippen LogP contribution >= 0.6 is 0 Å². The van der Waals surface area contributed by atoms with Crippen molar-refractivity contribution in [2.24, 2.45) is 11.8 Å². The van der Waals surface area contributed by atoms with Gasteiger partial charge in [0.2, 0.25) is 17.7 Å². The summed E-state index contributed by atoms with van der Waals surface area (Å²) in [6, 6.07) is -4.77. The number of aliphatic hydroxyl groups excluding tert-OH is 8. The number of aliphatic hydroxyl groups is 8. The molecular formula is C52H87N9O33. The monoisotopic (exact) mass is 1370 g/mol. The standard InChI is InChI=1S/C52H87N9O33/c62-20-28-7-32(66)49(54-38(69)9-57(12-41(73)74)2-5-60(16-45(81)82)17-46(83)84)35(93-28)26-92-25-30-34(23-65)94-36(50(52(30)90)55-39(70)10-58(13-42(75)76)3-6-61(18-47(85)86)19-48(87)88)27-91-24-29(33(67)22-64)51(89)31(21-63)53-37(68)8-56(11-40(71)72)1-4-59(14-43(77)78)15-44(79)80/h28-36,49-52,62-67,89-90H,1-27H2,(H,53,68)(H,54,69)(H,55,70)(H,71,72)(H,73,74)(H,75,76)(H,77,78)(H,79,80)(H,81,82)(H,83,84)(H,85,86)(H,87,88). The van der Waals surface area contributed by atoms with Crippen LogP contribution in [0, 0.1) is 11.8 Å². The van der Waals surface area contributed by atoms with E-state index in [0.717, 1.165) is 29.4 Å². The quantitative estimate of drug-likeness (QED) is 0.0269. The van der Waals surface area contributed by atoms with Crippen molar-refractivity contribution in [3.63, 3.8) is 0 Å². The second-order valence-corrected chi connectivity index (χ2v) is 22.2. The van der Waals surface area contributed by atoms with Gasteiger partial charge in [-0.05, 0) is 0 Å². The summed E-state index contributed by atoms with van der Waals surface area (Å²) in [5.74, 6) is -19.0. The number of carbonyl (C=O) groups is 12. The predicted octanol–water partition coefficient (Wildman–Crippen LogP) is -12.4. The topological polar surface area (TPSA) is 641 Å². The molecule has 0 bridgehead atoms. The summed E-state index contributed by atoms with van der Waals surface area (Å²) in [6.07, 6.45) is -13.0. The summed E-state index contributed by atoms with van der Waals surface area (Å²) in [5, 5.41) is 178. The number of ether oxygens (including phenoxy) is 4. The zero-order valence-corrected chi connectivity index (χ0v) is 50.9. The Balaban J connectivity index is 2.49. The minimum atomic E-state index is -2.03. The van der Waals surface area contributed by atoms with Gasteiger partial charge in [0.1, 0.15) is 12.2 Å². The van der Waals surface area contributed by atoms with Crippen LogP contribution in [0.2, 0.25) is 0 Å². The van der Waals surface area contributed by atoms with Gasteiger partial charge in [0.15, 0.2) is 0 Å². The number of carboxylic acids is 9. The minimum absolute atomic E-state index is 0.263. The fourth-order valence-corrected chi connectivity index (χ4v) is 10.3. The Labute approximate surface area is 534 Å². The number of amides is 3. The van der Waals surface area contributed by atoms with Gasteiger partial charge >= 0.3 is 53.7 Å². The molecule has 0 aromatic carbocycles. The van der Waals surface area contributed by atoms with Crippen molar-refractivity contribution in [1.82, 2.24) is 45.3 Å². The lowest BCUT2D eigenvalue weighted by molar-refractivity contribution is -0.203. The maximum absolute atomic E-state index is 14.0. The molecule has 13 unspecified atom stereocenters. The molecule has 42 nitrogen and oxygen atoms in total. The van der Waals surface area contributed by atoms with Crippen LogP contribution in [-0.2, 0) is 76.5 Å². The number of carbonyl (C=O) groups excluding carboxylic acids is 3. The van der Waals surface area contributed by atoms with E-state index >= 15 is 0 Å². The zero-order valence-electron chi connectivity index (χ0n) is 50.9. The molecule has 42 heteroatoms. The highest BCUT2D eigenvalue weighted by Gasteiger charge is 2.47. The third-order valence-corrected chi connectivity index (χ3v) is 14.5. The Morgan fingerprint density at radius 1 is 0.426 bits per heavy atom. The lowest BCUT2D eigenvalue weighted by Gasteiger charge is -2.45. The first-order chi connectivity index (χ1) is 44.2. The number of aliphatic carboxylic acids is 9. The van der Waals surface area contributed by atoms with Crippen LogP contribution in [0.4, 0.5) is 0 Å². The van der Waals surface area contributed by atoms with Gasteiger partial charge in [0.05, 0.1) is 186 Å². The molecule has 20 N–H and O–H groups in total. The Morgan fingerprint density at radius 3 is 1.13 bits per heavy atom. The van der Waals surface area contributed by atoms with Crippen molar-refractivity contribution in [2.45, 2.75) is 73.4 Å². The molecule has 538 valence electrons. The Bertz CT molecular complexity index is 2420. The molecular weight excluding hydrogens is 1280 g/mol. The SMILES string of the molecule is O=C(O)CN(CCN(CC(=O)O)CC(=O)NC(CO)C(O)C(COCC1OC(CO)C(COCC2OC(CO)CC(O)C2NC(=O)CN(CCN(CC(=O)O)CC(=O)O)CC(=O)O)C(O)C1NC(=O)CN(CCN(CC(=O)O)CC(=O)O)CC(=O)O)C(O)CO)CC(=O)O. The van der Waals surface area contributed by atoms with Crippen molar-refractivity contribution in [3.8, 4) is 0 Å². The average molecular weight is 1370 g/mol. The predicted molar refractivity (Wildman–Crippen MR) is 306 cm³/mol. The van der Waals surface area contributed by atoms with Crippen LogP contribution in [0.25, 0.3) is 0 Å². The highest BCUT2D eigenvalue weighted by molar-refractivity contribution is 5.81. The van der Waals surface area contributed by atoms with E-state index in [9.17, 15) is 144 Å². The molecule has 0 saturated carbocycles. The van der Waals surface area contributed by atoms with Gasteiger partial charge in [-0.15, -0.1) is 0 Å². The molecule has 13 atom stereocenters. The number of nitrogens with zero attached hydrogens (tertiary/aromatic N) is 6. The van der Waals surface area contributed by atoms with E-state index in [1.54, 1.807) is 0 Å². The third kappa shape index (κ3) is 32.4. The molecule has 2 aliphatic rings. The normalized spacial score (nSPS) is 22.0. The number of hydrogen-bond acceptors (Lipinski definition) is 30. The van der Waals surface area contributed by atoms with Crippen molar-refractivity contribution < 1.29 is 163 Å². The minimum Gasteiger partial charge on any atom is -0.480 e. The van der Waals surface area contributed by atoms with Gasteiger partial charge in [-0.2, -0.15) is 0 Å². The molecule has 94 heavy (non-hydrogen) atoms. The first-order valence-electron chi connectivity index (χ1n) is 29.0. The van der Waals surface area contributed by atoms with Gasteiger partial charge in [-0.1, -0.05) is 0 Å². The van der Waals surface area contributed by atoms with Gasteiger partial charge in [-0.25, -0.2) is 0 Å².